The topological polar surface area (TPSA) is 28.0 Å². The van der Waals surface area contributed by atoms with Crippen LogP contribution < -0.4 is 5.01 Å². The Morgan fingerprint density at radius 1 is 0.941 bits per heavy atom. The number of hydrogen-bond donors (Lipinski definition) is 0. The molecule has 0 radical (unpaired) electrons. The molecule has 0 bridgehead atoms. The Kier molecular flexibility index (Phi) is 3.73. The van der Waals surface area contributed by atoms with Crippen molar-refractivity contribution in [2.75, 3.05) is 12.1 Å². The Morgan fingerprint density at radius 2 is 1.59 bits per heavy atom. The lowest BCUT2D eigenvalue weighted by molar-refractivity contribution is 0.924. The summed E-state index contributed by atoms with van der Waals surface area (Å²) in [6, 6.07) is 17.0. The number of nitrogens with zero attached hydrogens (tertiary/aromatic N) is 3. The third-order valence-corrected chi connectivity index (χ3v) is 2.50. The first-order valence-corrected chi connectivity index (χ1v) is 5.59. The highest BCUT2D eigenvalue weighted by atomic mass is 35.5. The molecular weight excluding hydrogens is 234 g/mol. The molecule has 0 atom stereocenters. The van der Waals surface area contributed by atoms with Gasteiger partial charge in [0.15, 0.2) is 0 Å². The van der Waals surface area contributed by atoms with Crippen molar-refractivity contribution in [2.24, 2.45) is 10.3 Å². The van der Waals surface area contributed by atoms with Crippen LogP contribution in [0.4, 0.5) is 11.4 Å². The molecule has 2 aromatic rings. The minimum Gasteiger partial charge on any atom is -0.250 e. The van der Waals surface area contributed by atoms with E-state index in [1.165, 1.54) is 0 Å². The van der Waals surface area contributed by atoms with Crippen molar-refractivity contribution < 1.29 is 0 Å². The second-order valence-electron chi connectivity index (χ2n) is 3.53. The third-order valence-electron chi connectivity index (χ3n) is 2.25. The van der Waals surface area contributed by atoms with Gasteiger partial charge in [-0.05, 0) is 36.4 Å². The lowest BCUT2D eigenvalue weighted by atomic mass is 10.3. The second kappa shape index (κ2) is 5.46. The van der Waals surface area contributed by atoms with Crippen molar-refractivity contribution in [3.05, 3.63) is 59.6 Å². The molecule has 86 valence electrons. The monoisotopic (exact) mass is 245 g/mol. The molecule has 0 N–H and O–H groups in total. The average Bonchev–Trinajstić information content (AvgIpc) is 2.38. The Hall–Kier alpha value is -1.87. The van der Waals surface area contributed by atoms with Crippen molar-refractivity contribution in [1.29, 1.82) is 0 Å². The van der Waals surface area contributed by atoms with Gasteiger partial charge >= 0.3 is 0 Å². The average molecular weight is 246 g/mol. The van der Waals surface area contributed by atoms with E-state index in [-0.39, 0.29) is 0 Å². The zero-order valence-electron chi connectivity index (χ0n) is 9.42. The highest BCUT2D eigenvalue weighted by Crippen LogP contribution is 2.18. The number of halogens is 1. The van der Waals surface area contributed by atoms with E-state index >= 15 is 0 Å². The minimum absolute atomic E-state index is 0.710. The molecule has 0 heterocycles. The van der Waals surface area contributed by atoms with Crippen molar-refractivity contribution in [3.8, 4) is 0 Å². The molecule has 0 aliphatic carbocycles. The molecule has 0 aromatic heterocycles. The fourth-order valence-corrected chi connectivity index (χ4v) is 1.45. The molecule has 4 heteroatoms. The van der Waals surface area contributed by atoms with Gasteiger partial charge in [0.1, 0.15) is 0 Å². The van der Waals surface area contributed by atoms with Gasteiger partial charge < -0.3 is 0 Å². The van der Waals surface area contributed by atoms with E-state index in [9.17, 15) is 0 Å². The summed E-state index contributed by atoms with van der Waals surface area (Å²) in [5.41, 5.74) is 1.77. The smallest absolute Gasteiger partial charge is 0.0874 e. The predicted octanol–water partition coefficient (Wildman–Crippen LogP) is 4.48. The van der Waals surface area contributed by atoms with Crippen LogP contribution in [-0.4, -0.2) is 7.05 Å². The van der Waals surface area contributed by atoms with E-state index in [1.807, 2.05) is 61.6 Å². The molecule has 0 aliphatic rings. The molecule has 2 rings (SSSR count). The van der Waals surface area contributed by atoms with Gasteiger partial charge in [0, 0.05) is 12.1 Å². The summed E-state index contributed by atoms with van der Waals surface area (Å²) in [5, 5.41) is 10.6. The van der Waals surface area contributed by atoms with Crippen LogP contribution in [0.15, 0.2) is 64.9 Å². The van der Waals surface area contributed by atoms with Crippen LogP contribution in [0.3, 0.4) is 0 Å². The van der Waals surface area contributed by atoms with Gasteiger partial charge in [0.25, 0.3) is 0 Å². The molecule has 0 fully saturated rings. The van der Waals surface area contributed by atoms with E-state index in [2.05, 4.69) is 10.3 Å². The van der Waals surface area contributed by atoms with Crippen molar-refractivity contribution in [3.63, 3.8) is 0 Å². The summed E-state index contributed by atoms with van der Waals surface area (Å²) >= 11 is 5.82. The van der Waals surface area contributed by atoms with Crippen molar-refractivity contribution in [2.45, 2.75) is 0 Å². The van der Waals surface area contributed by atoms with Gasteiger partial charge in [0.2, 0.25) is 0 Å². The Balaban J connectivity index is 2.09. The Bertz CT molecular complexity index is 494. The van der Waals surface area contributed by atoms with E-state index in [0.29, 0.717) is 5.02 Å². The number of hydrogen-bond acceptors (Lipinski definition) is 2. The Labute approximate surface area is 105 Å². The summed E-state index contributed by atoms with van der Waals surface area (Å²) in [5.74, 6) is 0. The molecular formula is C13H12ClN3. The van der Waals surface area contributed by atoms with Crippen LogP contribution in [0.25, 0.3) is 0 Å². The first-order valence-electron chi connectivity index (χ1n) is 5.22. The van der Waals surface area contributed by atoms with Crippen LogP contribution >= 0.6 is 11.6 Å². The molecule has 2 aromatic carbocycles. The quantitative estimate of drug-likeness (QED) is 0.579. The molecule has 0 saturated heterocycles. The zero-order valence-corrected chi connectivity index (χ0v) is 10.2. The summed E-state index contributed by atoms with van der Waals surface area (Å²) in [4.78, 5) is 0. The molecule has 3 nitrogen and oxygen atoms in total. The van der Waals surface area contributed by atoms with Crippen molar-refractivity contribution in [1.82, 2.24) is 0 Å². The maximum absolute atomic E-state index is 5.82. The largest absolute Gasteiger partial charge is 0.250 e. The lowest BCUT2D eigenvalue weighted by Crippen LogP contribution is -2.06. The van der Waals surface area contributed by atoms with Crippen LogP contribution in [0.2, 0.25) is 5.02 Å². The summed E-state index contributed by atoms with van der Waals surface area (Å²) < 4.78 is 0. The molecule has 0 saturated carbocycles. The van der Waals surface area contributed by atoms with E-state index in [1.54, 1.807) is 5.01 Å². The zero-order chi connectivity index (χ0) is 12.1. The maximum atomic E-state index is 5.82. The predicted molar refractivity (Wildman–Crippen MR) is 70.8 cm³/mol. The van der Waals surface area contributed by atoms with Gasteiger partial charge in [-0.1, -0.05) is 35.0 Å². The summed E-state index contributed by atoms with van der Waals surface area (Å²) in [6.45, 7) is 0. The van der Waals surface area contributed by atoms with Gasteiger partial charge in [0.05, 0.1) is 11.4 Å². The van der Waals surface area contributed by atoms with Crippen LogP contribution in [0, 0.1) is 0 Å². The first-order chi connectivity index (χ1) is 8.25. The standard InChI is InChI=1S/C13H12ClN3/c1-17(13-9-7-11(14)8-10-13)16-15-12-5-3-2-4-6-12/h2-10H,1H3. The highest BCUT2D eigenvalue weighted by molar-refractivity contribution is 6.30. The fraction of sp³-hybridized carbons (Fsp3) is 0.0769. The highest BCUT2D eigenvalue weighted by Gasteiger charge is 1.98. The van der Waals surface area contributed by atoms with Gasteiger partial charge in [-0.15, -0.1) is 5.11 Å². The number of rotatable bonds is 3. The number of benzene rings is 2. The SMILES string of the molecule is CN(N=Nc1ccccc1)c1ccc(Cl)cc1. The van der Waals surface area contributed by atoms with Crippen LogP contribution in [0.5, 0.6) is 0 Å². The van der Waals surface area contributed by atoms with Gasteiger partial charge in [-0.3, -0.25) is 0 Å². The minimum atomic E-state index is 0.710. The fourth-order valence-electron chi connectivity index (χ4n) is 1.32. The van der Waals surface area contributed by atoms with Crippen molar-refractivity contribution >= 4 is 23.0 Å². The Morgan fingerprint density at radius 3 is 2.24 bits per heavy atom. The first kappa shape index (κ1) is 11.6. The maximum Gasteiger partial charge on any atom is 0.0874 e. The number of anilines is 1. The summed E-state index contributed by atoms with van der Waals surface area (Å²) in [7, 11) is 1.84. The van der Waals surface area contributed by atoms with Gasteiger partial charge in [-0.25, -0.2) is 5.01 Å². The normalized spacial score (nSPS) is 10.7. The van der Waals surface area contributed by atoms with E-state index < -0.39 is 0 Å². The molecule has 0 amide bonds. The third kappa shape index (κ3) is 3.29. The van der Waals surface area contributed by atoms with E-state index in [4.69, 9.17) is 11.6 Å². The molecule has 0 unspecified atom stereocenters. The second-order valence-corrected chi connectivity index (χ2v) is 3.96. The van der Waals surface area contributed by atoms with E-state index in [0.717, 1.165) is 11.4 Å². The molecule has 0 spiro atoms. The molecule has 17 heavy (non-hydrogen) atoms. The van der Waals surface area contributed by atoms with Crippen LogP contribution in [0.1, 0.15) is 0 Å². The van der Waals surface area contributed by atoms with Gasteiger partial charge in [-0.2, -0.15) is 0 Å². The molecule has 0 aliphatic heterocycles. The lowest BCUT2D eigenvalue weighted by Gasteiger charge is -2.10. The van der Waals surface area contributed by atoms with Crippen LogP contribution in [-0.2, 0) is 0 Å². The summed E-state index contributed by atoms with van der Waals surface area (Å²) in [6.07, 6.45) is 0.